The van der Waals surface area contributed by atoms with Crippen molar-refractivity contribution >= 4 is 27.4 Å². The van der Waals surface area contributed by atoms with E-state index in [0.29, 0.717) is 4.67 Å². The molecule has 0 bridgehead atoms. The zero-order chi connectivity index (χ0) is 11.7. The van der Waals surface area contributed by atoms with Crippen LogP contribution in [0.2, 0.25) is 0 Å². The number of nitrogens with two attached hydrogens (primary N) is 1. The molecule has 16 heavy (non-hydrogen) atoms. The van der Waals surface area contributed by atoms with Crippen molar-refractivity contribution in [1.29, 1.82) is 0 Å². The van der Waals surface area contributed by atoms with Crippen LogP contribution in [0.15, 0.2) is 39.4 Å². The number of benzene rings is 1. The van der Waals surface area contributed by atoms with E-state index >= 15 is 0 Å². The number of hydrogen-bond acceptors (Lipinski definition) is 3. The number of rotatable bonds is 2. The highest BCUT2D eigenvalue weighted by atomic mass is 79.9. The fourth-order valence-electron chi connectivity index (χ4n) is 1.31. The molecule has 0 aliphatic heterocycles. The van der Waals surface area contributed by atoms with Gasteiger partial charge in [0.15, 0.2) is 10.4 Å². The van der Waals surface area contributed by atoms with Crippen LogP contribution >= 0.6 is 15.9 Å². The van der Waals surface area contributed by atoms with Gasteiger partial charge in [-0.2, -0.15) is 0 Å². The number of carbonyl (C=O) groups is 1. The summed E-state index contributed by atoms with van der Waals surface area (Å²) in [6.07, 6.45) is 0. The van der Waals surface area contributed by atoms with E-state index in [1.165, 1.54) is 18.2 Å². The Bertz CT molecular complexity index is 551. The molecule has 0 amide bonds. The molecule has 2 N–H and O–H groups in total. The first-order valence-electron chi connectivity index (χ1n) is 4.43. The van der Waals surface area contributed by atoms with E-state index in [1.807, 2.05) is 0 Å². The van der Waals surface area contributed by atoms with Crippen molar-refractivity contribution in [3.63, 3.8) is 0 Å². The second kappa shape index (κ2) is 4.09. The van der Waals surface area contributed by atoms with Gasteiger partial charge in [-0.15, -0.1) is 0 Å². The summed E-state index contributed by atoms with van der Waals surface area (Å²) in [6, 6.07) is 6.75. The summed E-state index contributed by atoms with van der Waals surface area (Å²) < 4.78 is 18.4. The van der Waals surface area contributed by atoms with Crippen LogP contribution < -0.4 is 5.73 Å². The number of nitrogen functional groups attached to an aromatic ring is 1. The highest BCUT2D eigenvalue weighted by molar-refractivity contribution is 9.10. The van der Waals surface area contributed by atoms with E-state index < -0.39 is 5.82 Å². The lowest BCUT2D eigenvalue weighted by Gasteiger charge is -2.02. The second-order valence-electron chi connectivity index (χ2n) is 3.16. The number of carbonyl (C=O) groups excluding carboxylic acids is 1. The molecule has 82 valence electrons. The van der Waals surface area contributed by atoms with Crippen LogP contribution in [0.1, 0.15) is 16.1 Å². The minimum absolute atomic E-state index is 0.0949. The summed E-state index contributed by atoms with van der Waals surface area (Å²) in [7, 11) is 0. The summed E-state index contributed by atoms with van der Waals surface area (Å²) in [5, 5.41) is 0. The van der Waals surface area contributed by atoms with Crippen LogP contribution in [0.4, 0.5) is 10.1 Å². The van der Waals surface area contributed by atoms with Gasteiger partial charge in [0.05, 0.1) is 0 Å². The summed E-state index contributed by atoms with van der Waals surface area (Å²) in [5.41, 5.74) is 5.87. The maximum Gasteiger partial charge on any atom is 0.230 e. The van der Waals surface area contributed by atoms with Gasteiger partial charge >= 0.3 is 0 Å². The smallest absolute Gasteiger partial charge is 0.230 e. The Balaban J connectivity index is 2.41. The highest BCUT2D eigenvalue weighted by Crippen LogP contribution is 2.21. The fourth-order valence-corrected chi connectivity index (χ4v) is 1.62. The van der Waals surface area contributed by atoms with Crippen LogP contribution in [0, 0.1) is 5.82 Å². The van der Waals surface area contributed by atoms with E-state index in [2.05, 4.69) is 15.9 Å². The number of ketones is 1. The second-order valence-corrected chi connectivity index (χ2v) is 3.95. The molecule has 2 rings (SSSR count). The molecular weight excluding hydrogens is 277 g/mol. The summed E-state index contributed by atoms with van der Waals surface area (Å²) in [4.78, 5) is 11.9. The largest absolute Gasteiger partial charge is 0.446 e. The van der Waals surface area contributed by atoms with Crippen LogP contribution in [-0.2, 0) is 0 Å². The third kappa shape index (κ3) is 1.99. The van der Waals surface area contributed by atoms with Crippen LogP contribution in [0.5, 0.6) is 0 Å². The lowest BCUT2D eigenvalue weighted by atomic mass is 10.1. The molecule has 1 aromatic heterocycles. The molecule has 0 radical (unpaired) electrons. The Morgan fingerprint density at radius 3 is 2.62 bits per heavy atom. The molecule has 0 saturated carbocycles. The Morgan fingerprint density at radius 1 is 1.31 bits per heavy atom. The van der Waals surface area contributed by atoms with Crippen molar-refractivity contribution < 1.29 is 13.6 Å². The van der Waals surface area contributed by atoms with E-state index in [4.69, 9.17) is 10.2 Å². The summed E-state index contributed by atoms with van der Waals surface area (Å²) in [6.45, 7) is 0. The molecule has 0 spiro atoms. The van der Waals surface area contributed by atoms with Crippen molar-refractivity contribution in [2.75, 3.05) is 5.73 Å². The van der Waals surface area contributed by atoms with E-state index in [9.17, 15) is 9.18 Å². The summed E-state index contributed by atoms with van der Waals surface area (Å²) >= 11 is 3.09. The van der Waals surface area contributed by atoms with Crippen LogP contribution in [0.3, 0.4) is 0 Å². The van der Waals surface area contributed by atoms with E-state index in [1.54, 1.807) is 6.07 Å². The first kappa shape index (κ1) is 10.9. The predicted octanol–water partition coefficient (Wildman–Crippen LogP) is 2.99. The van der Waals surface area contributed by atoms with Crippen molar-refractivity contribution in [3.8, 4) is 0 Å². The van der Waals surface area contributed by atoms with Gasteiger partial charge < -0.3 is 10.2 Å². The standard InChI is InChI=1S/C11H7BrFNO2/c12-10-4-3-9(16-10)11(15)7-2-1-6(13)5-8(7)14/h1-5H,14H2. The molecule has 0 aliphatic carbocycles. The molecule has 0 aliphatic rings. The van der Waals surface area contributed by atoms with Gasteiger partial charge in [0.1, 0.15) is 5.82 Å². The number of hydrogen-bond donors (Lipinski definition) is 1. The molecule has 0 saturated heterocycles. The number of anilines is 1. The lowest BCUT2D eigenvalue weighted by molar-refractivity contribution is 0.101. The zero-order valence-electron chi connectivity index (χ0n) is 8.04. The van der Waals surface area contributed by atoms with E-state index in [-0.39, 0.29) is 22.8 Å². The third-order valence-corrected chi connectivity index (χ3v) is 2.48. The quantitative estimate of drug-likeness (QED) is 0.681. The molecule has 3 nitrogen and oxygen atoms in total. The van der Waals surface area contributed by atoms with Crippen LogP contribution in [0.25, 0.3) is 0 Å². The molecule has 0 fully saturated rings. The number of halogens is 2. The van der Waals surface area contributed by atoms with Gasteiger partial charge in [0.25, 0.3) is 0 Å². The van der Waals surface area contributed by atoms with Crippen LogP contribution in [-0.4, -0.2) is 5.78 Å². The first-order chi connectivity index (χ1) is 7.58. The lowest BCUT2D eigenvalue weighted by Crippen LogP contribution is -2.04. The molecule has 1 heterocycles. The van der Waals surface area contributed by atoms with Gasteiger partial charge in [0, 0.05) is 11.3 Å². The monoisotopic (exact) mass is 283 g/mol. The maximum absolute atomic E-state index is 12.8. The van der Waals surface area contributed by atoms with Crippen molar-refractivity contribution in [2.45, 2.75) is 0 Å². The Hall–Kier alpha value is -1.62. The Kier molecular flexibility index (Phi) is 2.78. The minimum Gasteiger partial charge on any atom is -0.446 e. The van der Waals surface area contributed by atoms with Crippen molar-refractivity contribution in [2.24, 2.45) is 0 Å². The average Bonchev–Trinajstić information content (AvgIpc) is 2.64. The molecule has 5 heteroatoms. The first-order valence-corrected chi connectivity index (χ1v) is 5.22. The van der Waals surface area contributed by atoms with Crippen molar-refractivity contribution in [3.05, 3.63) is 52.1 Å². The number of furan rings is 1. The summed E-state index contributed by atoms with van der Waals surface area (Å²) in [5.74, 6) is -0.692. The van der Waals surface area contributed by atoms with Crippen molar-refractivity contribution in [1.82, 2.24) is 0 Å². The minimum atomic E-state index is -0.477. The predicted molar refractivity (Wildman–Crippen MR) is 60.7 cm³/mol. The van der Waals surface area contributed by atoms with Gasteiger partial charge in [-0.1, -0.05) is 0 Å². The SMILES string of the molecule is Nc1cc(F)ccc1C(=O)c1ccc(Br)o1. The molecule has 1 aromatic carbocycles. The van der Waals surface area contributed by atoms with Gasteiger partial charge in [0.2, 0.25) is 5.78 Å². The topological polar surface area (TPSA) is 56.2 Å². The van der Waals surface area contributed by atoms with Gasteiger partial charge in [-0.05, 0) is 46.3 Å². The Labute approximate surface area is 99.2 Å². The molecule has 2 aromatic rings. The maximum atomic E-state index is 12.8. The van der Waals surface area contributed by atoms with Gasteiger partial charge in [-0.25, -0.2) is 4.39 Å². The molecular formula is C11H7BrFNO2. The normalized spacial score (nSPS) is 10.4. The zero-order valence-corrected chi connectivity index (χ0v) is 9.62. The fraction of sp³-hybridized carbons (Fsp3) is 0. The van der Waals surface area contributed by atoms with E-state index in [0.717, 1.165) is 6.07 Å². The third-order valence-electron chi connectivity index (χ3n) is 2.06. The van der Waals surface area contributed by atoms with Gasteiger partial charge in [-0.3, -0.25) is 4.79 Å². The molecule has 0 unspecified atom stereocenters. The average molecular weight is 284 g/mol. The Morgan fingerprint density at radius 2 is 2.06 bits per heavy atom. The highest BCUT2D eigenvalue weighted by Gasteiger charge is 2.16. The molecule has 0 atom stereocenters.